The number of ketones is 1. The monoisotopic (exact) mass is 168 g/mol. The van der Waals surface area contributed by atoms with E-state index in [1.165, 1.54) is 12.8 Å². The Morgan fingerprint density at radius 3 is 2.92 bits per heavy atom. The molecule has 0 N–H and O–H groups in total. The third kappa shape index (κ3) is 1.40. The fourth-order valence-corrected chi connectivity index (χ4v) is 2.41. The van der Waals surface area contributed by atoms with Gasteiger partial charge in [0.2, 0.25) is 0 Å². The molecule has 0 radical (unpaired) electrons. The SMILES string of the molecule is C[C@H]1CC(=O)[C@H]2CCCC[C@H]2O1. The molecule has 12 heavy (non-hydrogen) atoms. The Morgan fingerprint density at radius 2 is 2.08 bits per heavy atom. The van der Waals surface area contributed by atoms with Gasteiger partial charge >= 0.3 is 0 Å². The fourth-order valence-electron chi connectivity index (χ4n) is 2.41. The first-order chi connectivity index (χ1) is 5.77. The predicted octanol–water partition coefficient (Wildman–Crippen LogP) is 1.92. The number of carbonyl (C=O) groups is 1. The maximum atomic E-state index is 11.6. The van der Waals surface area contributed by atoms with Crippen molar-refractivity contribution in [1.29, 1.82) is 0 Å². The number of fused-ring (bicyclic) bond motifs is 1. The van der Waals surface area contributed by atoms with Crippen LogP contribution in [0.1, 0.15) is 39.0 Å². The molecule has 1 saturated heterocycles. The molecule has 0 bridgehead atoms. The average molecular weight is 168 g/mol. The molecule has 0 aromatic carbocycles. The summed E-state index contributed by atoms with van der Waals surface area (Å²) in [7, 11) is 0. The van der Waals surface area contributed by atoms with Gasteiger partial charge in [0.05, 0.1) is 12.2 Å². The van der Waals surface area contributed by atoms with Crippen molar-refractivity contribution in [3.63, 3.8) is 0 Å². The molecule has 0 spiro atoms. The van der Waals surface area contributed by atoms with E-state index in [1.807, 2.05) is 6.92 Å². The van der Waals surface area contributed by atoms with Crippen LogP contribution in [0.4, 0.5) is 0 Å². The van der Waals surface area contributed by atoms with Gasteiger partial charge in [0.1, 0.15) is 5.78 Å². The lowest BCUT2D eigenvalue weighted by Gasteiger charge is -2.37. The van der Waals surface area contributed by atoms with Crippen LogP contribution < -0.4 is 0 Å². The summed E-state index contributed by atoms with van der Waals surface area (Å²) < 4.78 is 5.74. The number of rotatable bonds is 0. The smallest absolute Gasteiger partial charge is 0.141 e. The third-order valence-electron chi connectivity index (χ3n) is 3.01. The van der Waals surface area contributed by atoms with E-state index in [0.717, 1.165) is 12.8 Å². The van der Waals surface area contributed by atoms with E-state index in [-0.39, 0.29) is 18.1 Å². The first kappa shape index (κ1) is 8.24. The topological polar surface area (TPSA) is 26.3 Å². The molecule has 2 aliphatic rings. The lowest BCUT2D eigenvalue weighted by molar-refractivity contribution is -0.148. The van der Waals surface area contributed by atoms with Crippen molar-refractivity contribution in [3.8, 4) is 0 Å². The Labute approximate surface area is 73.3 Å². The zero-order valence-corrected chi connectivity index (χ0v) is 7.58. The van der Waals surface area contributed by atoms with Crippen molar-refractivity contribution < 1.29 is 9.53 Å². The Bertz CT molecular complexity index is 188. The van der Waals surface area contributed by atoms with Gasteiger partial charge in [0.25, 0.3) is 0 Å². The van der Waals surface area contributed by atoms with Crippen LogP contribution in [0.25, 0.3) is 0 Å². The standard InChI is InChI=1S/C10H16O2/c1-7-6-9(11)8-4-2-3-5-10(8)12-7/h7-8,10H,2-6H2,1H3/t7-,8+,10+/m0/s1. The van der Waals surface area contributed by atoms with Gasteiger partial charge in [0, 0.05) is 12.3 Å². The molecular formula is C10H16O2. The zero-order chi connectivity index (χ0) is 8.55. The lowest BCUT2D eigenvalue weighted by atomic mass is 9.80. The summed E-state index contributed by atoms with van der Waals surface area (Å²) in [4.78, 5) is 11.6. The van der Waals surface area contributed by atoms with Crippen molar-refractivity contribution in [3.05, 3.63) is 0 Å². The maximum absolute atomic E-state index is 11.6. The molecular weight excluding hydrogens is 152 g/mol. The molecule has 1 aliphatic heterocycles. The minimum absolute atomic E-state index is 0.164. The van der Waals surface area contributed by atoms with Crippen molar-refractivity contribution in [2.45, 2.75) is 51.2 Å². The summed E-state index contributed by atoms with van der Waals surface area (Å²) in [6, 6.07) is 0. The summed E-state index contributed by atoms with van der Waals surface area (Å²) in [5, 5.41) is 0. The van der Waals surface area contributed by atoms with Gasteiger partial charge in [0.15, 0.2) is 0 Å². The molecule has 2 fully saturated rings. The van der Waals surface area contributed by atoms with E-state index in [4.69, 9.17) is 4.74 Å². The molecule has 68 valence electrons. The van der Waals surface area contributed by atoms with E-state index in [9.17, 15) is 4.79 Å². The van der Waals surface area contributed by atoms with Crippen molar-refractivity contribution in [1.82, 2.24) is 0 Å². The van der Waals surface area contributed by atoms with Crippen LogP contribution in [0.15, 0.2) is 0 Å². The molecule has 2 nitrogen and oxygen atoms in total. The number of hydrogen-bond acceptors (Lipinski definition) is 2. The second-order valence-electron chi connectivity index (χ2n) is 4.05. The van der Waals surface area contributed by atoms with Crippen molar-refractivity contribution >= 4 is 5.78 Å². The summed E-state index contributed by atoms with van der Waals surface area (Å²) in [6.45, 7) is 2.00. The van der Waals surface area contributed by atoms with E-state index in [0.29, 0.717) is 12.2 Å². The Morgan fingerprint density at radius 1 is 1.33 bits per heavy atom. The molecule has 2 heteroatoms. The summed E-state index contributed by atoms with van der Waals surface area (Å²) in [6.07, 6.45) is 5.68. The Balaban J connectivity index is 2.06. The van der Waals surface area contributed by atoms with Crippen LogP contribution in [0.3, 0.4) is 0 Å². The number of carbonyl (C=O) groups excluding carboxylic acids is 1. The molecule has 2 rings (SSSR count). The van der Waals surface area contributed by atoms with E-state index in [1.54, 1.807) is 0 Å². The van der Waals surface area contributed by atoms with Crippen LogP contribution in [-0.4, -0.2) is 18.0 Å². The van der Waals surface area contributed by atoms with Gasteiger partial charge in [-0.15, -0.1) is 0 Å². The highest BCUT2D eigenvalue weighted by atomic mass is 16.5. The van der Waals surface area contributed by atoms with Crippen molar-refractivity contribution in [2.24, 2.45) is 5.92 Å². The fraction of sp³-hybridized carbons (Fsp3) is 0.900. The van der Waals surface area contributed by atoms with Crippen LogP contribution in [0, 0.1) is 5.92 Å². The number of hydrogen-bond donors (Lipinski definition) is 0. The quantitative estimate of drug-likeness (QED) is 0.552. The second-order valence-corrected chi connectivity index (χ2v) is 4.05. The third-order valence-corrected chi connectivity index (χ3v) is 3.01. The molecule has 1 saturated carbocycles. The largest absolute Gasteiger partial charge is 0.374 e. The number of Topliss-reactive ketones (excluding diaryl/α,β-unsaturated/α-hetero) is 1. The first-order valence-corrected chi connectivity index (χ1v) is 4.95. The highest BCUT2D eigenvalue weighted by Crippen LogP contribution is 2.33. The second kappa shape index (κ2) is 3.17. The molecule has 0 unspecified atom stereocenters. The molecule has 1 heterocycles. The Hall–Kier alpha value is -0.370. The Kier molecular flexibility index (Phi) is 2.18. The van der Waals surface area contributed by atoms with Gasteiger partial charge in [-0.2, -0.15) is 0 Å². The molecule has 0 aromatic heterocycles. The van der Waals surface area contributed by atoms with E-state index >= 15 is 0 Å². The lowest BCUT2D eigenvalue weighted by Crippen LogP contribution is -2.42. The van der Waals surface area contributed by atoms with Crippen LogP contribution >= 0.6 is 0 Å². The molecule has 0 aromatic rings. The van der Waals surface area contributed by atoms with Gasteiger partial charge in [-0.25, -0.2) is 0 Å². The summed E-state index contributed by atoms with van der Waals surface area (Å²) in [5.41, 5.74) is 0. The van der Waals surface area contributed by atoms with Crippen molar-refractivity contribution in [2.75, 3.05) is 0 Å². The minimum Gasteiger partial charge on any atom is -0.374 e. The van der Waals surface area contributed by atoms with Gasteiger partial charge < -0.3 is 4.74 Å². The van der Waals surface area contributed by atoms with Gasteiger partial charge in [-0.1, -0.05) is 12.8 Å². The predicted molar refractivity (Wildman–Crippen MR) is 45.9 cm³/mol. The van der Waals surface area contributed by atoms with E-state index < -0.39 is 0 Å². The van der Waals surface area contributed by atoms with E-state index in [2.05, 4.69) is 0 Å². The molecule has 1 aliphatic carbocycles. The van der Waals surface area contributed by atoms with Crippen LogP contribution in [0.2, 0.25) is 0 Å². The normalized spacial score (nSPS) is 42.4. The van der Waals surface area contributed by atoms with Crippen LogP contribution in [-0.2, 0) is 9.53 Å². The zero-order valence-electron chi connectivity index (χ0n) is 7.58. The number of ether oxygens (including phenoxy) is 1. The average Bonchev–Trinajstić information content (AvgIpc) is 2.04. The molecule has 0 amide bonds. The maximum Gasteiger partial charge on any atom is 0.141 e. The highest BCUT2D eigenvalue weighted by molar-refractivity contribution is 5.82. The van der Waals surface area contributed by atoms with Crippen LogP contribution in [0.5, 0.6) is 0 Å². The van der Waals surface area contributed by atoms with Gasteiger partial charge in [-0.05, 0) is 19.8 Å². The first-order valence-electron chi connectivity index (χ1n) is 4.95. The molecule has 3 atom stereocenters. The highest BCUT2D eigenvalue weighted by Gasteiger charge is 2.36. The minimum atomic E-state index is 0.164. The van der Waals surface area contributed by atoms with Gasteiger partial charge in [-0.3, -0.25) is 4.79 Å². The summed E-state index contributed by atoms with van der Waals surface area (Å²) in [5.74, 6) is 0.688. The summed E-state index contributed by atoms with van der Waals surface area (Å²) >= 11 is 0.